The minimum Gasteiger partial charge on any atom is -0.462 e. The van der Waals surface area contributed by atoms with Crippen LogP contribution in [0.15, 0.2) is 5.57 Å². The molecule has 0 aliphatic heterocycles. The van der Waals surface area contributed by atoms with E-state index in [2.05, 4.69) is 4.74 Å². The van der Waals surface area contributed by atoms with Gasteiger partial charge in [-0.3, -0.25) is 4.79 Å². The largest absolute Gasteiger partial charge is 0.462 e. The Morgan fingerprint density at radius 1 is 0.952 bits per heavy atom. The van der Waals surface area contributed by atoms with Gasteiger partial charge in [-0.2, -0.15) is 0 Å². The number of ether oxygens (including phenoxy) is 1. The average Bonchev–Trinajstić information content (AvgIpc) is 2.43. The zero-order valence-corrected chi connectivity index (χ0v) is 10.9. The number of hydrogen-bond acceptors (Lipinski definition) is 3. The van der Waals surface area contributed by atoms with Gasteiger partial charge < -0.3 is 4.74 Å². The number of halogens is 5. The molecule has 0 fully saturated rings. The van der Waals surface area contributed by atoms with E-state index in [4.69, 9.17) is 0 Å². The molecular formula is C13H9F5O3. The van der Waals surface area contributed by atoms with Crippen LogP contribution in [-0.2, 0) is 14.3 Å². The molecule has 0 saturated heterocycles. The van der Waals surface area contributed by atoms with Gasteiger partial charge in [0.15, 0.2) is 29.1 Å². The van der Waals surface area contributed by atoms with Crippen molar-refractivity contribution in [3.8, 4) is 0 Å². The Labute approximate surface area is 116 Å². The van der Waals surface area contributed by atoms with Crippen LogP contribution < -0.4 is 0 Å². The summed E-state index contributed by atoms with van der Waals surface area (Å²) < 4.78 is 70.3. The van der Waals surface area contributed by atoms with Crippen LogP contribution in [-0.4, -0.2) is 18.4 Å². The first-order chi connectivity index (χ1) is 9.72. The van der Waals surface area contributed by atoms with E-state index in [1.54, 1.807) is 0 Å². The lowest BCUT2D eigenvalue weighted by Crippen LogP contribution is -2.14. The van der Waals surface area contributed by atoms with Crippen molar-refractivity contribution in [2.45, 2.75) is 13.8 Å². The van der Waals surface area contributed by atoms with Crippen LogP contribution in [0.2, 0.25) is 0 Å². The van der Waals surface area contributed by atoms with E-state index in [1.165, 1.54) is 6.92 Å². The SMILES string of the molecule is CCOC(=O)/C(=C\c1c(F)c(F)c(F)c(F)c1F)C(C)=O. The number of ketones is 1. The number of carbonyl (C=O) groups is 2. The zero-order valence-electron chi connectivity index (χ0n) is 10.9. The van der Waals surface area contributed by atoms with Crippen molar-refractivity contribution in [3.05, 3.63) is 40.2 Å². The quantitative estimate of drug-likeness (QED) is 0.163. The van der Waals surface area contributed by atoms with E-state index in [1.807, 2.05) is 0 Å². The molecule has 0 aliphatic carbocycles. The standard InChI is InChI=1S/C13H9F5O3/c1-3-21-13(20)6(5(2)19)4-7-8(14)10(16)12(18)11(17)9(7)15/h4H,3H2,1-2H3/b6-4-. The van der Waals surface area contributed by atoms with Gasteiger partial charge >= 0.3 is 5.97 Å². The lowest BCUT2D eigenvalue weighted by atomic mass is 10.1. The molecule has 21 heavy (non-hydrogen) atoms. The second-order valence-electron chi connectivity index (χ2n) is 3.82. The summed E-state index contributed by atoms with van der Waals surface area (Å²) in [6, 6.07) is 0. The molecule has 0 aliphatic rings. The van der Waals surface area contributed by atoms with Crippen LogP contribution in [0, 0.1) is 29.1 Å². The summed E-state index contributed by atoms with van der Waals surface area (Å²) in [6.07, 6.45) is 0.274. The second kappa shape index (κ2) is 6.47. The summed E-state index contributed by atoms with van der Waals surface area (Å²) in [5.41, 5.74) is -2.22. The lowest BCUT2D eigenvalue weighted by Gasteiger charge is -2.07. The topological polar surface area (TPSA) is 43.4 Å². The van der Waals surface area contributed by atoms with E-state index in [0.717, 1.165) is 6.92 Å². The fourth-order valence-electron chi connectivity index (χ4n) is 1.41. The van der Waals surface area contributed by atoms with E-state index in [9.17, 15) is 31.5 Å². The van der Waals surface area contributed by atoms with E-state index in [0.29, 0.717) is 0 Å². The molecule has 114 valence electrons. The van der Waals surface area contributed by atoms with E-state index in [-0.39, 0.29) is 12.7 Å². The fourth-order valence-corrected chi connectivity index (χ4v) is 1.41. The predicted molar refractivity (Wildman–Crippen MR) is 61.5 cm³/mol. The van der Waals surface area contributed by atoms with Gasteiger partial charge in [0, 0.05) is 0 Å². The summed E-state index contributed by atoms with van der Waals surface area (Å²) in [5, 5.41) is 0. The third-order valence-corrected chi connectivity index (χ3v) is 2.41. The van der Waals surface area contributed by atoms with E-state index >= 15 is 0 Å². The Morgan fingerprint density at radius 3 is 1.76 bits per heavy atom. The van der Waals surface area contributed by atoms with Gasteiger partial charge in [0.25, 0.3) is 0 Å². The number of benzene rings is 1. The van der Waals surface area contributed by atoms with Crippen LogP contribution in [0.25, 0.3) is 6.08 Å². The molecule has 0 aromatic heterocycles. The highest BCUT2D eigenvalue weighted by atomic mass is 19.2. The maximum Gasteiger partial charge on any atom is 0.341 e. The van der Waals surface area contributed by atoms with Crippen molar-refractivity contribution in [3.63, 3.8) is 0 Å². The number of rotatable bonds is 4. The van der Waals surface area contributed by atoms with Crippen molar-refractivity contribution >= 4 is 17.8 Å². The highest BCUT2D eigenvalue weighted by Gasteiger charge is 2.26. The van der Waals surface area contributed by atoms with Gasteiger partial charge in [-0.05, 0) is 19.9 Å². The molecule has 0 unspecified atom stereocenters. The lowest BCUT2D eigenvalue weighted by molar-refractivity contribution is -0.139. The summed E-state index contributed by atoms with van der Waals surface area (Å²) in [6.45, 7) is 2.16. The highest BCUT2D eigenvalue weighted by Crippen LogP contribution is 2.25. The number of carbonyl (C=O) groups excluding carboxylic acids is 2. The Hall–Kier alpha value is -2.25. The summed E-state index contributed by atoms with van der Waals surface area (Å²) in [4.78, 5) is 22.7. The highest BCUT2D eigenvalue weighted by molar-refractivity contribution is 6.19. The predicted octanol–water partition coefficient (Wildman–Crippen LogP) is 2.92. The van der Waals surface area contributed by atoms with Crippen molar-refractivity contribution in [2.75, 3.05) is 6.61 Å². The molecule has 1 aromatic carbocycles. The molecule has 1 rings (SSSR count). The summed E-state index contributed by atoms with van der Waals surface area (Å²) in [7, 11) is 0. The van der Waals surface area contributed by atoms with Gasteiger partial charge in [-0.1, -0.05) is 0 Å². The molecule has 3 nitrogen and oxygen atoms in total. The molecule has 0 bridgehead atoms. The summed E-state index contributed by atoms with van der Waals surface area (Å²) in [5.74, 6) is -13.1. The monoisotopic (exact) mass is 308 g/mol. The Morgan fingerprint density at radius 2 is 1.38 bits per heavy atom. The van der Waals surface area contributed by atoms with Crippen molar-refractivity contribution in [1.82, 2.24) is 0 Å². The first kappa shape index (κ1) is 16.8. The third-order valence-electron chi connectivity index (χ3n) is 2.41. The molecule has 1 aromatic rings. The number of hydrogen-bond donors (Lipinski definition) is 0. The van der Waals surface area contributed by atoms with Gasteiger partial charge in [0.05, 0.1) is 12.2 Å². The maximum absolute atomic E-state index is 13.4. The van der Waals surface area contributed by atoms with Crippen LogP contribution in [0.3, 0.4) is 0 Å². The first-order valence-electron chi connectivity index (χ1n) is 5.63. The van der Waals surface area contributed by atoms with Gasteiger partial charge in [-0.15, -0.1) is 0 Å². The number of esters is 1. The van der Waals surface area contributed by atoms with Gasteiger partial charge in [0.1, 0.15) is 5.57 Å². The van der Waals surface area contributed by atoms with Crippen LogP contribution >= 0.6 is 0 Å². The number of Topliss-reactive ketones (excluding diaryl/α,β-unsaturated/α-hetero) is 1. The Balaban J connectivity index is 3.55. The average molecular weight is 308 g/mol. The van der Waals surface area contributed by atoms with Gasteiger partial charge in [0.2, 0.25) is 5.82 Å². The van der Waals surface area contributed by atoms with E-state index < -0.39 is 52.0 Å². The molecule has 0 N–H and O–H groups in total. The Kier molecular flexibility index (Phi) is 5.17. The zero-order chi connectivity index (χ0) is 16.3. The van der Waals surface area contributed by atoms with Crippen molar-refractivity contribution < 1.29 is 36.3 Å². The second-order valence-corrected chi connectivity index (χ2v) is 3.82. The summed E-state index contributed by atoms with van der Waals surface area (Å²) >= 11 is 0. The normalized spacial score (nSPS) is 11.5. The fraction of sp³-hybridized carbons (Fsp3) is 0.231. The molecule has 0 saturated carbocycles. The molecular weight excluding hydrogens is 299 g/mol. The first-order valence-corrected chi connectivity index (χ1v) is 5.63. The minimum absolute atomic E-state index is 0.138. The molecule has 0 radical (unpaired) electrons. The Bertz CT molecular complexity index is 608. The van der Waals surface area contributed by atoms with Crippen LogP contribution in [0.4, 0.5) is 22.0 Å². The van der Waals surface area contributed by atoms with Crippen molar-refractivity contribution in [2.24, 2.45) is 0 Å². The molecule has 0 spiro atoms. The molecule has 8 heteroatoms. The minimum atomic E-state index is -2.33. The van der Waals surface area contributed by atoms with Gasteiger partial charge in [-0.25, -0.2) is 26.7 Å². The molecule has 0 heterocycles. The molecule has 0 amide bonds. The third kappa shape index (κ3) is 3.26. The van der Waals surface area contributed by atoms with Crippen molar-refractivity contribution in [1.29, 1.82) is 0 Å². The smallest absolute Gasteiger partial charge is 0.341 e. The van der Waals surface area contributed by atoms with Crippen LogP contribution in [0.1, 0.15) is 19.4 Å². The van der Waals surface area contributed by atoms with Crippen LogP contribution in [0.5, 0.6) is 0 Å². The molecule has 0 atom stereocenters. The maximum atomic E-state index is 13.4.